The first-order chi connectivity index (χ1) is 9.33. The third-order valence-electron chi connectivity index (χ3n) is 3.89. The molecule has 0 spiro atoms. The van der Waals surface area contributed by atoms with Crippen molar-refractivity contribution in [2.24, 2.45) is 5.92 Å². The monoisotopic (exact) mass is 260 g/mol. The molecule has 2 aromatic rings. The number of fused-ring (bicyclic) bond motifs is 1. The highest BCUT2D eigenvalue weighted by molar-refractivity contribution is 5.36. The van der Waals surface area contributed by atoms with Gasteiger partial charge in [-0.15, -0.1) is 0 Å². The molecule has 1 fully saturated rings. The zero-order valence-corrected chi connectivity index (χ0v) is 11.0. The minimum atomic E-state index is -0.0950. The second-order valence-electron chi connectivity index (χ2n) is 5.37. The second kappa shape index (κ2) is 5.67. The molecule has 0 radical (unpaired) electrons. The molecule has 102 valence electrons. The molecular formula is C14H20N4O. The summed E-state index contributed by atoms with van der Waals surface area (Å²) in [5, 5.41) is 13.1. The van der Waals surface area contributed by atoms with Gasteiger partial charge >= 0.3 is 0 Å². The molecule has 1 saturated carbocycles. The molecule has 1 aliphatic rings. The summed E-state index contributed by atoms with van der Waals surface area (Å²) in [4.78, 5) is 8.37. The van der Waals surface area contributed by atoms with Gasteiger partial charge in [-0.25, -0.2) is 4.98 Å². The predicted octanol–water partition coefficient (Wildman–Crippen LogP) is 1.37. The largest absolute Gasteiger partial charge is 0.393 e. The first-order valence-corrected chi connectivity index (χ1v) is 6.97. The van der Waals surface area contributed by atoms with Crippen molar-refractivity contribution >= 4 is 5.65 Å². The second-order valence-corrected chi connectivity index (χ2v) is 5.37. The van der Waals surface area contributed by atoms with E-state index in [1.807, 2.05) is 12.4 Å². The van der Waals surface area contributed by atoms with Gasteiger partial charge in [0, 0.05) is 18.9 Å². The van der Waals surface area contributed by atoms with Gasteiger partial charge in [0.1, 0.15) is 0 Å². The van der Waals surface area contributed by atoms with E-state index in [-0.39, 0.29) is 6.10 Å². The average Bonchev–Trinajstić information content (AvgIpc) is 2.83. The molecule has 5 nitrogen and oxygen atoms in total. The van der Waals surface area contributed by atoms with Gasteiger partial charge in [-0.1, -0.05) is 6.42 Å². The SMILES string of the molecule is OC1CCCC(CNCc2cnc3cnccn23)C1. The first-order valence-electron chi connectivity index (χ1n) is 6.97. The van der Waals surface area contributed by atoms with Crippen molar-refractivity contribution in [3.8, 4) is 0 Å². The van der Waals surface area contributed by atoms with Crippen molar-refractivity contribution in [3.63, 3.8) is 0 Å². The summed E-state index contributed by atoms with van der Waals surface area (Å²) in [5.74, 6) is 0.601. The molecule has 2 unspecified atom stereocenters. The Morgan fingerprint density at radius 1 is 1.37 bits per heavy atom. The Bertz CT molecular complexity index is 539. The highest BCUT2D eigenvalue weighted by Gasteiger charge is 2.19. The van der Waals surface area contributed by atoms with Crippen LogP contribution >= 0.6 is 0 Å². The molecule has 5 heteroatoms. The van der Waals surface area contributed by atoms with Crippen LogP contribution in [0.1, 0.15) is 31.4 Å². The molecule has 0 saturated heterocycles. The van der Waals surface area contributed by atoms with Gasteiger partial charge in [0.2, 0.25) is 0 Å². The van der Waals surface area contributed by atoms with E-state index in [0.29, 0.717) is 5.92 Å². The molecule has 1 aliphatic carbocycles. The average molecular weight is 260 g/mol. The number of nitrogens with zero attached hydrogens (tertiary/aromatic N) is 3. The van der Waals surface area contributed by atoms with Crippen molar-refractivity contribution in [3.05, 3.63) is 30.5 Å². The van der Waals surface area contributed by atoms with E-state index in [0.717, 1.165) is 43.7 Å². The molecular weight excluding hydrogens is 240 g/mol. The molecule has 2 atom stereocenters. The summed E-state index contributed by atoms with van der Waals surface area (Å²) >= 11 is 0. The molecule has 2 heterocycles. The Morgan fingerprint density at radius 3 is 3.21 bits per heavy atom. The van der Waals surface area contributed by atoms with Gasteiger partial charge in [0.05, 0.1) is 24.2 Å². The minimum absolute atomic E-state index is 0.0950. The Kier molecular flexibility index (Phi) is 3.75. The van der Waals surface area contributed by atoms with Crippen LogP contribution in [0.15, 0.2) is 24.8 Å². The highest BCUT2D eigenvalue weighted by Crippen LogP contribution is 2.23. The van der Waals surface area contributed by atoms with E-state index >= 15 is 0 Å². The summed E-state index contributed by atoms with van der Waals surface area (Å²) < 4.78 is 2.05. The fraction of sp³-hybridized carbons (Fsp3) is 0.571. The highest BCUT2D eigenvalue weighted by atomic mass is 16.3. The Balaban J connectivity index is 1.55. The van der Waals surface area contributed by atoms with Crippen LogP contribution in [0.25, 0.3) is 5.65 Å². The lowest BCUT2D eigenvalue weighted by atomic mass is 9.87. The third kappa shape index (κ3) is 2.93. The van der Waals surface area contributed by atoms with Crippen LogP contribution in [0.4, 0.5) is 0 Å². The maximum Gasteiger partial charge on any atom is 0.155 e. The number of aliphatic hydroxyl groups excluding tert-OH is 1. The van der Waals surface area contributed by atoms with E-state index < -0.39 is 0 Å². The number of aromatic nitrogens is 3. The molecule has 2 aromatic heterocycles. The van der Waals surface area contributed by atoms with E-state index in [1.165, 1.54) is 6.42 Å². The Labute approximate surface area is 112 Å². The van der Waals surface area contributed by atoms with Crippen molar-refractivity contribution in [2.75, 3.05) is 6.54 Å². The number of imidazole rings is 1. The number of hydrogen-bond acceptors (Lipinski definition) is 4. The fourth-order valence-corrected chi connectivity index (χ4v) is 2.88. The van der Waals surface area contributed by atoms with Crippen LogP contribution in [0.2, 0.25) is 0 Å². The maximum atomic E-state index is 9.66. The van der Waals surface area contributed by atoms with Gasteiger partial charge in [-0.05, 0) is 31.7 Å². The van der Waals surface area contributed by atoms with E-state index in [2.05, 4.69) is 19.7 Å². The molecule has 0 amide bonds. The summed E-state index contributed by atoms with van der Waals surface area (Å²) in [7, 11) is 0. The van der Waals surface area contributed by atoms with Crippen molar-refractivity contribution in [2.45, 2.75) is 38.3 Å². The van der Waals surface area contributed by atoms with Crippen LogP contribution in [-0.4, -0.2) is 32.1 Å². The van der Waals surface area contributed by atoms with Gasteiger partial charge < -0.3 is 10.4 Å². The standard InChI is InChI=1S/C14H20N4O/c19-13-3-1-2-11(6-13)7-16-8-12-9-17-14-10-15-4-5-18(12)14/h4-5,9-11,13,16,19H,1-3,6-8H2. The number of rotatable bonds is 4. The van der Waals surface area contributed by atoms with Crippen LogP contribution < -0.4 is 5.32 Å². The van der Waals surface area contributed by atoms with Gasteiger partial charge in [0.25, 0.3) is 0 Å². The Morgan fingerprint density at radius 2 is 2.32 bits per heavy atom. The summed E-state index contributed by atoms with van der Waals surface area (Å²) in [5.41, 5.74) is 2.03. The van der Waals surface area contributed by atoms with Gasteiger partial charge in [-0.2, -0.15) is 0 Å². The molecule has 0 aromatic carbocycles. The number of hydrogen-bond donors (Lipinski definition) is 2. The van der Waals surface area contributed by atoms with Crippen LogP contribution in [0.5, 0.6) is 0 Å². The minimum Gasteiger partial charge on any atom is -0.393 e. The van der Waals surface area contributed by atoms with Crippen molar-refractivity contribution in [1.82, 2.24) is 19.7 Å². The third-order valence-corrected chi connectivity index (χ3v) is 3.89. The van der Waals surface area contributed by atoms with E-state index in [9.17, 15) is 5.11 Å². The van der Waals surface area contributed by atoms with Crippen LogP contribution in [0, 0.1) is 5.92 Å². The zero-order chi connectivity index (χ0) is 13.1. The topological polar surface area (TPSA) is 62.5 Å². The van der Waals surface area contributed by atoms with E-state index in [1.54, 1.807) is 12.4 Å². The molecule has 3 rings (SSSR count). The summed E-state index contributed by atoms with van der Waals surface area (Å²) in [6.45, 7) is 1.77. The smallest absolute Gasteiger partial charge is 0.155 e. The van der Waals surface area contributed by atoms with Crippen molar-refractivity contribution < 1.29 is 5.11 Å². The summed E-state index contributed by atoms with van der Waals surface area (Å²) in [6, 6.07) is 0. The first kappa shape index (κ1) is 12.6. The van der Waals surface area contributed by atoms with Gasteiger partial charge in [0.15, 0.2) is 5.65 Å². The van der Waals surface area contributed by atoms with Crippen LogP contribution in [-0.2, 0) is 6.54 Å². The molecule has 19 heavy (non-hydrogen) atoms. The van der Waals surface area contributed by atoms with Gasteiger partial charge in [-0.3, -0.25) is 9.38 Å². The summed E-state index contributed by atoms with van der Waals surface area (Å²) in [6.07, 6.45) is 11.5. The molecule has 0 bridgehead atoms. The number of nitrogens with one attached hydrogen (secondary N) is 1. The molecule has 2 N–H and O–H groups in total. The fourth-order valence-electron chi connectivity index (χ4n) is 2.88. The number of aliphatic hydroxyl groups is 1. The lowest BCUT2D eigenvalue weighted by Gasteiger charge is -2.25. The van der Waals surface area contributed by atoms with E-state index in [4.69, 9.17) is 0 Å². The quantitative estimate of drug-likeness (QED) is 0.871. The normalized spacial score (nSPS) is 23.8. The zero-order valence-electron chi connectivity index (χ0n) is 11.0. The maximum absolute atomic E-state index is 9.66. The van der Waals surface area contributed by atoms with Crippen molar-refractivity contribution in [1.29, 1.82) is 0 Å². The lowest BCUT2D eigenvalue weighted by Crippen LogP contribution is -2.29. The Hall–Kier alpha value is -1.46. The predicted molar refractivity (Wildman–Crippen MR) is 72.7 cm³/mol. The van der Waals surface area contributed by atoms with Crippen LogP contribution in [0.3, 0.4) is 0 Å². The lowest BCUT2D eigenvalue weighted by molar-refractivity contribution is 0.101. The molecule has 0 aliphatic heterocycles.